The number of hydrogen-bond donors (Lipinski definition) is 4. The lowest BCUT2D eigenvalue weighted by Gasteiger charge is -2.32. The Kier molecular flexibility index (Phi) is 7.52. The van der Waals surface area contributed by atoms with Crippen LogP contribution in [0, 0.1) is 0 Å². The number of halogens is 7. The predicted octanol–water partition coefficient (Wildman–Crippen LogP) is 4.31. The highest BCUT2D eigenvalue weighted by molar-refractivity contribution is 6.33. The Morgan fingerprint density at radius 3 is 2.27 bits per heavy atom. The van der Waals surface area contributed by atoms with E-state index in [1.54, 1.807) is 4.90 Å². The van der Waals surface area contributed by atoms with Gasteiger partial charge in [-0.05, 0) is 42.7 Å². The van der Waals surface area contributed by atoms with Gasteiger partial charge in [-0.25, -0.2) is 4.99 Å². The van der Waals surface area contributed by atoms with Gasteiger partial charge in [-0.15, -0.1) is 0 Å². The summed E-state index contributed by atoms with van der Waals surface area (Å²) >= 11 is 6.33. The minimum absolute atomic E-state index is 0.0388. The summed E-state index contributed by atoms with van der Waals surface area (Å²) in [6.45, 7) is 0.889. The van der Waals surface area contributed by atoms with Crippen molar-refractivity contribution in [2.75, 3.05) is 19.6 Å². The predicted molar refractivity (Wildman–Crippen MR) is 126 cm³/mol. The summed E-state index contributed by atoms with van der Waals surface area (Å²) in [5.41, 5.74) is 15.5. The zero-order chi connectivity index (χ0) is 27.0. The molecule has 2 aromatic rings. The lowest BCUT2D eigenvalue weighted by atomic mass is 9.95. The standard InChI is InChI=1S/C23H25ClF6N6O/c24-18-12-14(23(32)33-20(31)34-35-23)11-17(22(28,29)30)19(18)13-1-3-15(4-2-13)37-16-5-8-36(9-6-16)10-7-21(25,26)27/h1-4,11-12,16,35H,5-10,32H2,(H3,31,33,34). The van der Waals surface area contributed by atoms with Gasteiger partial charge in [0.1, 0.15) is 11.9 Å². The molecule has 1 saturated heterocycles. The first-order chi connectivity index (χ1) is 17.2. The molecule has 1 unspecified atom stereocenters. The van der Waals surface area contributed by atoms with Crippen LogP contribution in [0.4, 0.5) is 26.3 Å². The van der Waals surface area contributed by atoms with E-state index in [4.69, 9.17) is 27.8 Å². The van der Waals surface area contributed by atoms with Crippen LogP contribution in [0.25, 0.3) is 11.1 Å². The molecule has 0 amide bonds. The Balaban J connectivity index is 1.49. The number of benzene rings is 2. The van der Waals surface area contributed by atoms with Gasteiger partial charge in [-0.2, -0.15) is 31.8 Å². The maximum Gasteiger partial charge on any atom is 0.417 e. The van der Waals surface area contributed by atoms with E-state index in [1.807, 2.05) is 0 Å². The van der Waals surface area contributed by atoms with Crippen molar-refractivity contribution in [1.29, 1.82) is 0 Å². The number of nitrogens with one attached hydrogen (secondary N) is 2. The maximum atomic E-state index is 14.0. The molecule has 0 saturated carbocycles. The third-order valence-electron chi connectivity index (χ3n) is 6.21. The molecule has 4 rings (SSSR count). The third kappa shape index (κ3) is 6.58. The van der Waals surface area contributed by atoms with Crippen LogP contribution in [-0.2, 0) is 12.0 Å². The van der Waals surface area contributed by atoms with Gasteiger partial charge < -0.3 is 15.4 Å². The first kappa shape index (κ1) is 27.3. The van der Waals surface area contributed by atoms with E-state index in [2.05, 4.69) is 15.8 Å². The molecule has 2 heterocycles. The van der Waals surface area contributed by atoms with Gasteiger partial charge >= 0.3 is 12.4 Å². The van der Waals surface area contributed by atoms with E-state index in [1.165, 1.54) is 30.3 Å². The van der Waals surface area contributed by atoms with Gasteiger partial charge in [0, 0.05) is 35.8 Å². The zero-order valence-corrected chi connectivity index (χ0v) is 20.1. The van der Waals surface area contributed by atoms with Gasteiger partial charge in [-0.3, -0.25) is 11.2 Å². The lowest BCUT2D eigenvalue weighted by molar-refractivity contribution is -0.139. The second-order valence-corrected chi connectivity index (χ2v) is 9.35. The van der Waals surface area contributed by atoms with E-state index in [-0.39, 0.29) is 40.3 Å². The number of nitrogens with two attached hydrogens (primary N) is 2. The Labute approximate surface area is 213 Å². The van der Waals surface area contributed by atoms with Crippen molar-refractivity contribution in [1.82, 2.24) is 15.8 Å². The molecular formula is C23H25ClF6N6O. The molecule has 7 nitrogen and oxygen atoms in total. The summed E-state index contributed by atoms with van der Waals surface area (Å²) in [6, 6.07) is 8.16. The summed E-state index contributed by atoms with van der Waals surface area (Å²) in [6.07, 6.45) is -8.92. The van der Waals surface area contributed by atoms with Crippen LogP contribution in [0.2, 0.25) is 5.02 Å². The molecule has 2 aromatic carbocycles. The van der Waals surface area contributed by atoms with Gasteiger partial charge in [0.05, 0.1) is 12.0 Å². The van der Waals surface area contributed by atoms with Crippen molar-refractivity contribution >= 4 is 17.6 Å². The lowest BCUT2D eigenvalue weighted by Crippen LogP contribution is -2.50. The number of nitrogens with zero attached hydrogens (tertiary/aromatic N) is 2. The van der Waals surface area contributed by atoms with Crippen molar-refractivity contribution in [3.8, 4) is 16.9 Å². The summed E-state index contributed by atoms with van der Waals surface area (Å²) in [5, 5.41) is -0.183. The molecule has 14 heteroatoms. The topological polar surface area (TPSA) is 101 Å². The summed E-state index contributed by atoms with van der Waals surface area (Å²) in [5.74, 6) is -1.38. The van der Waals surface area contributed by atoms with Gasteiger partial charge in [0.2, 0.25) is 11.7 Å². The maximum absolute atomic E-state index is 14.0. The minimum Gasteiger partial charge on any atom is -0.490 e. The summed E-state index contributed by atoms with van der Waals surface area (Å²) in [7, 11) is 0. The Morgan fingerprint density at radius 1 is 1.08 bits per heavy atom. The SMILES string of the molecule is NC1=NC(N)(c2cc(Cl)c(-c3ccc(OC4CCN(CCC(F)(F)F)CC4)cc3)c(C(F)(F)F)c2)NN1. The largest absolute Gasteiger partial charge is 0.490 e. The molecule has 1 fully saturated rings. The van der Waals surface area contributed by atoms with Crippen LogP contribution in [0.15, 0.2) is 41.4 Å². The number of alkyl halides is 6. The van der Waals surface area contributed by atoms with Crippen LogP contribution in [-0.4, -0.2) is 42.8 Å². The van der Waals surface area contributed by atoms with Gasteiger partial charge in [-0.1, -0.05) is 23.7 Å². The quantitative estimate of drug-likeness (QED) is 0.400. The number of hydrogen-bond acceptors (Lipinski definition) is 7. The Hall–Kier alpha value is -2.74. The number of hydrazine groups is 1. The summed E-state index contributed by atoms with van der Waals surface area (Å²) in [4.78, 5) is 5.64. The van der Waals surface area contributed by atoms with Crippen LogP contribution in [0.3, 0.4) is 0 Å². The fourth-order valence-corrected chi connectivity index (χ4v) is 4.64. The fourth-order valence-electron chi connectivity index (χ4n) is 4.31. The molecule has 2 aliphatic heterocycles. The van der Waals surface area contributed by atoms with E-state index in [0.717, 1.165) is 6.07 Å². The zero-order valence-electron chi connectivity index (χ0n) is 19.4. The average Bonchev–Trinajstić information content (AvgIpc) is 3.17. The van der Waals surface area contributed by atoms with Crippen molar-refractivity contribution in [2.24, 2.45) is 16.5 Å². The number of guanidine groups is 1. The molecule has 2 aliphatic rings. The number of ether oxygens (including phenoxy) is 1. The molecule has 6 N–H and O–H groups in total. The molecule has 0 spiro atoms. The molecule has 37 heavy (non-hydrogen) atoms. The molecule has 0 aliphatic carbocycles. The monoisotopic (exact) mass is 550 g/mol. The second kappa shape index (κ2) is 10.2. The highest BCUT2D eigenvalue weighted by Gasteiger charge is 2.39. The molecule has 0 bridgehead atoms. The van der Waals surface area contributed by atoms with E-state index in [9.17, 15) is 26.3 Å². The molecular weight excluding hydrogens is 526 g/mol. The molecule has 1 atom stereocenters. The van der Waals surface area contributed by atoms with Crippen LogP contribution >= 0.6 is 11.6 Å². The highest BCUT2D eigenvalue weighted by atomic mass is 35.5. The number of piperidine rings is 1. The second-order valence-electron chi connectivity index (χ2n) is 8.94. The van der Waals surface area contributed by atoms with Crippen LogP contribution in [0.5, 0.6) is 5.75 Å². The fraction of sp³-hybridized carbons (Fsp3) is 0.435. The number of aliphatic imine (C=N–C) groups is 1. The Bertz CT molecular complexity index is 1150. The van der Waals surface area contributed by atoms with E-state index < -0.39 is 30.1 Å². The molecule has 202 valence electrons. The third-order valence-corrected chi connectivity index (χ3v) is 6.50. The number of rotatable bonds is 6. The highest BCUT2D eigenvalue weighted by Crippen LogP contribution is 2.43. The first-order valence-corrected chi connectivity index (χ1v) is 11.8. The van der Waals surface area contributed by atoms with Crippen molar-refractivity contribution in [2.45, 2.75) is 43.5 Å². The van der Waals surface area contributed by atoms with Crippen molar-refractivity contribution in [3.63, 3.8) is 0 Å². The first-order valence-electron chi connectivity index (χ1n) is 11.4. The van der Waals surface area contributed by atoms with Crippen LogP contribution in [0.1, 0.15) is 30.4 Å². The van der Waals surface area contributed by atoms with Gasteiger partial charge in [0.15, 0.2) is 0 Å². The molecule has 0 aromatic heterocycles. The minimum atomic E-state index is -4.75. The van der Waals surface area contributed by atoms with Gasteiger partial charge in [0.25, 0.3) is 0 Å². The van der Waals surface area contributed by atoms with E-state index in [0.29, 0.717) is 31.7 Å². The van der Waals surface area contributed by atoms with Crippen LogP contribution < -0.4 is 27.1 Å². The average molecular weight is 551 g/mol. The normalized spacial score (nSPS) is 21.6. The smallest absolute Gasteiger partial charge is 0.417 e. The Morgan fingerprint density at radius 2 is 1.73 bits per heavy atom. The van der Waals surface area contributed by atoms with Crippen molar-refractivity contribution < 1.29 is 31.1 Å². The van der Waals surface area contributed by atoms with E-state index >= 15 is 0 Å². The van der Waals surface area contributed by atoms with Crippen molar-refractivity contribution in [3.05, 3.63) is 52.5 Å². The number of likely N-dealkylation sites (tertiary alicyclic amines) is 1. The summed E-state index contributed by atoms with van der Waals surface area (Å²) < 4.78 is 85.3. The molecule has 0 radical (unpaired) electrons.